The molecule has 5 nitrogen and oxygen atoms in total. The fraction of sp³-hybridized carbons (Fsp3) is 0.0417. The van der Waals surface area contributed by atoms with Crippen LogP contribution in [0.25, 0.3) is 28.2 Å². The number of nitrogens with zero attached hydrogens (tertiary/aromatic N) is 4. The molecule has 0 saturated heterocycles. The third-order valence-electron chi connectivity index (χ3n) is 4.89. The lowest BCUT2D eigenvalue weighted by atomic mass is 10.1. The Morgan fingerprint density at radius 3 is 2.10 bits per heavy atom. The van der Waals surface area contributed by atoms with Crippen LogP contribution in [-0.4, -0.2) is 24.5 Å². The van der Waals surface area contributed by atoms with Gasteiger partial charge in [-0.05, 0) is 17.7 Å². The average molecular weight is 378 g/mol. The summed E-state index contributed by atoms with van der Waals surface area (Å²) in [7, 11) is 0. The number of pyridine rings is 1. The molecule has 3 aromatic heterocycles. The van der Waals surface area contributed by atoms with E-state index in [0.29, 0.717) is 17.8 Å². The van der Waals surface area contributed by atoms with Gasteiger partial charge in [-0.15, -0.1) is 0 Å². The third-order valence-corrected chi connectivity index (χ3v) is 4.89. The molecule has 5 rings (SSSR count). The second-order valence-electron chi connectivity index (χ2n) is 6.81. The number of fused-ring (bicyclic) bond motifs is 1. The Bertz CT molecular complexity index is 1270. The highest BCUT2D eigenvalue weighted by molar-refractivity contribution is 5.77. The maximum atomic E-state index is 11.0. The number of aromatic hydroxyl groups is 1. The first kappa shape index (κ1) is 17.1. The fourth-order valence-electron chi connectivity index (χ4n) is 3.43. The minimum Gasteiger partial charge on any atom is -0.493 e. The lowest BCUT2D eigenvalue weighted by Crippen LogP contribution is -1.96. The lowest BCUT2D eigenvalue weighted by molar-refractivity contribution is 0.442. The summed E-state index contributed by atoms with van der Waals surface area (Å²) in [6.45, 7) is 0. The smallest absolute Gasteiger partial charge is 0.219 e. The van der Waals surface area contributed by atoms with Crippen LogP contribution in [-0.2, 0) is 6.42 Å². The SMILES string of the molecule is Oc1c(Cc2ccncc2)nc2c(-c3ccccc3)nc(-c3ccccc3)cn12. The Morgan fingerprint density at radius 2 is 1.41 bits per heavy atom. The highest BCUT2D eigenvalue weighted by atomic mass is 16.3. The second kappa shape index (κ2) is 7.20. The standard InChI is InChI=1S/C24H18N4O/c29-24-20(15-17-11-13-25-14-12-17)27-23-22(19-9-5-2-6-10-19)26-21(16-28(23)24)18-7-3-1-4-8-18/h1-14,16,29H,15H2. The van der Waals surface area contributed by atoms with Crippen molar-refractivity contribution in [2.24, 2.45) is 0 Å². The summed E-state index contributed by atoms with van der Waals surface area (Å²) in [6, 6.07) is 23.7. The molecule has 0 radical (unpaired) electrons. The van der Waals surface area contributed by atoms with E-state index in [0.717, 1.165) is 28.1 Å². The normalized spacial score (nSPS) is 11.0. The van der Waals surface area contributed by atoms with Crippen molar-refractivity contribution < 1.29 is 5.11 Å². The van der Waals surface area contributed by atoms with Crippen molar-refractivity contribution in [3.63, 3.8) is 0 Å². The Hall–Kier alpha value is -3.99. The van der Waals surface area contributed by atoms with Crippen LogP contribution >= 0.6 is 0 Å². The Kier molecular flexibility index (Phi) is 4.26. The Morgan fingerprint density at radius 1 is 0.759 bits per heavy atom. The molecule has 5 heteroatoms. The van der Waals surface area contributed by atoms with Gasteiger partial charge >= 0.3 is 0 Å². The fourth-order valence-corrected chi connectivity index (χ4v) is 3.43. The van der Waals surface area contributed by atoms with E-state index in [-0.39, 0.29) is 5.88 Å². The van der Waals surface area contributed by atoms with E-state index in [1.807, 2.05) is 79.0 Å². The summed E-state index contributed by atoms with van der Waals surface area (Å²) in [5.41, 5.74) is 5.74. The summed E-state index contributed by atoms with van der Waals surface area (Å²) in [4.78, 5) is 13.7. The number of hydrogen-bond acceptors (Lipinski definition) is 4. The van der Waals surface area contributed by atoms with Crippen molar-refractivity contribution in [1.29, 1.82) is 0 Å². The van der Waals surface area contributed by atoms with Gasteiger partial charge in [0.1, 0.15) is 11.4 Å². The van der Waals surface area contributed by atoms with Gasteiger partial charge in [-0.3, -0.25) is 9.38 Å². The molecule has 2 aromatic carbocycles. The molecule has 1 N–H and O–H groups in total. The molecule has 0 aliphatic carbocycles. The number of hydrogen-bond donors (Lipinski definition) is 1. The van der Waals surface area contributed by atoms with E-state index in [1.165, 1.54) is 0 Å². The highest BCUT2D eigenvalue weighted by Gasteiger charge is 2.18. The first-order valence-electron chi connectivity index (χ1n) is 9.40. The number of imidazole rings is 1. The van der Waals surface area contributed by atoms with Crippen LogP contribution in [0.2, 0.25) is 0 Å². The molecular weight excluding hydrogens is 360 g/mol. The Balaban J connectivity index is 1.73. The van der Waals surface area contributed by atoms with Crippen LogP contribution in [0.4, 0.5) is 0 Å². The number of aromatic nitrogens is 4. The third kappa shape index (κ3) is 3.23. The predicted molar refractivity (Wildman–Crippen MR) is 113 cm³/mol. The van der Waals surface area contributed by atoms with E-state index in [4.69, 9.17) is 9.97 Å². The molecular formula is C24H18N4O. The quantitative estimate of drug-likeness (QED) is 0.490. The van der Waals surface area contributed by atoms with Crippen LogP contribution in [0, 0.1) is 0 Å². The zero-order chi connectivity index (χ0) is 19.6. The predicted octanol–water partition coefficient (Wildman–Crippen LogP) is 4.75. The molecule has 5 aromatic rings. The summed E-state index contributed by atoms with van der Waals surface area (Å²) >= 11 is 0. The molecule has 0 atom stereocenters. The van der Waals surface area contributed by atoms with E-state index in [1.54, 1.807) is 16.8 Å². The summed E-state index contributed by atoms with van der Waals surface area (Å²) < 4.78 is 1.73. The molecule has 0 amide bonds. The molecule has 140 valence electrons. The van der Waals surface area contributed by atoms with Crippen LogP contribution in [0.15, 0.2) is 91.4 Å². The van der Waals surface area contributed by atoms with Crippen LogP contribution in [0.5, 0.6) is 5.88 Å². The molecule has 0 unspecified atom stereocenters. The summed E-state index contributed by atoms with van der Waals surface area (Å²) in [6.07, 6.45) is 5.85. The highest BCUT2D eigenvalue weighted by Crippen LogP contribution is 2.31. The van der Waals surface area contributed by atoms with E-state index in [2.05, 4.69) is 4.98 Å². The zero-order valence-corrected chi connectivity index (χ0v) is 15.6. The topological polar surface area (TPSA) is 63.3 Å². The van der Waals surface area contributed by atoms with Gasteiger partial charge in [0.25, 0.3) is 0 Å². The van der Waals surface area contributed by atoms with Crippen LogP contribution < -0.4 is 0 Å². The minimum absolute atomic E-state index is 0.133. The first-order chi connectivity index (χ1) is 14.3. The van der Waals surface area contributed by atoms with Gasteiger partial charge in [-0.2, -0.15) is 0 Å². The maximum absolute atomic E-state index is 11.0. The molecule has 0 aliphatic rings. The van der Waals surface area contributed by atoms with Crippen LogP contribution in [0.3, 0.4) is 0 Å². The largest absolute Gasteiger partial charge is 0.493 e. The summed E-state index contributed by atoms with van der Waals surface area (Å²) in [5.74, 6) is 0.133. The van der Waals surface area contributed by atoms with E-state index < -0.39 is 0 Å². The molecule has 0 bridgehead atoms. The first-order valence-corrected chi connectivity index (χ1v) is 9.40. The van der Waals surface area contributed by atoms with Crippen molar-refractivity contribution in [3.05, 3.63) is 103 Å². The van der Waals surface area contributed by atoms with Crippen molar-refractivity contribution in [2.75, 3.05) is 0 Å². The average Bonchev–Trinajstić information content (AvgIpc) is 3.10. The van der Waals surface area contributed by atoms with Gasteiger partial charge in [-0.25, -0.2) is 9.97 Å². The maximum Gasteiger partial charge on any atom is 0.219 e. The van der Waals surface area contributed by atoms with Gasteiger partial charge < -0.3 is 5.11 Å². The van der Waals surface area contributed by atoms with Gasteiger partial charge in [0.2, 0.25) is 5.88 Å². The van der Waals surface area contributed by atoms with E-state index >= 15 is 0 Å². The Labute approximate surface area is 168 Å². The number of benzene rings is 2. The van der Waals surface area contributed by atoms with Gasteiger partial charge in [0.05, 0.1) is 5.69 Å². The van der Waals surface area contributed by atoms with Crippen LogP contribution in [0.1, 0.15) is 11.3 Å². The molecule has 0 fully saturated rings. The van der Waals surface area contributed by atoms with Gasteiger partial charge in [0.15, 0.2) is 5.65 Å². The number of rotatable bonds is 4. The molecule has 29 heavy (non-hydrogen) atoms. The molecule has 0 aliphatic heterocycles. The molecule has 0 spiro atoms. The van der Waals surface area contributed by atoms with Crippen molar-refractivity contribution in [1.82, 2.24) is 19.4 Å². The molecule has 3 heterocycles. The van der Waals surface area contributed by atoms with Gasteiger partial charge in [0, 0.05) is 36.1 Å². The zero-order valence-electron chi connectivity index (χ0n) is 15.6. The lowest BCUT2D eigenvalue weighted by Gasteiger charge is -2.08. The second-order valence-corrected chi connectivity index (χ2v) is 6.81. The van der Waals surface area contributed by atoms with Crippen molar-refractivity contribution in [2.45, 2.75) is 6.42 Å². The monoisotopic (exact) mass is 378 g/mol. The van der Waals surface area contributed by atoms with Gasteiger partial charge in [-0.1, -0.05) is 60.7 Å². The van der Waals surface area contributed by atoms with Crippen molar-refractivity contribution in [3.8, 4) is 28.4 Å². The van der Waals surface area contributed by atoms with E-state index in [9.17, 15) is 5.11 Å². The minimum atomic E-state index is 0.133. The summed E-state index contributed by atoms with van der Waals surface area (Å²) in [5, 5.41) is 11.0. The van der Waals surface area contributed by atoms with Crippen molar-refractivity contribution >= 4 is 5.65 Å². The molecule has 0 saturated carbocycles.